The first-order valence-electron chi connectivity index (χ1n) is 9.29. The van der Waals surface area contributed by atoms with E-state index in [4.69, 9.17) is 14.2 Å². The van der Waals surface area contributed by atoms with Gasteiger partial charge in [0, 0.05) is 23.4 Å². The molecule has 0 atom stereocenters. The molecule has 3 rings (SSSR count). The van der Waals surface area contributed by atoms with Crippen molar-refractivity contribution in [3.63, 3.8) is 0 Å². The van der Waals surface area contributed by atoms with E-state index >= 15 is 0 Å². The van der Waals surface area contributed by atoms with Crippen LogP contribution in [0, 0.1) is 0 Å². The Morgan fingerprint density at radius 1 is 1.03 bits per heavy atom. The number of ether oxygens (including phenoxy) is 3. The van der Waals surface area contributed by atoms with E-state index in [2.05, 4.69) is 15.4 Å². The van der Waals surface area contributed by atoms with Crippen LogP contribution in [-0.2, 0) is 6.54 Å². The molecule has 0 aliphatic rings. The van der Waals surface area contributed by atoms with Gasteiger partial charge in [0.2, 0.25) is 5.75 Å². The molecule has 0 saturated carbocycles. The molecule has 3 aromatic rings. The van der Waals surface area contributed by atoms with E-state index in [9.17, 15) is 5.21 Å². The Kier molecular flexibility index (Phi) is 7.18. The average Bonchev–Trinajstić information content (AvgIpc) is 3.22. The van der Waals surface area contributed by atoms with Crippen molar-refractivity contribution >= 4 is 17.5 Å². The van der Waals surface area contributed by atoms with Crippen LogP contribution in [0.25, 0.3) is 11.4 Å². The van der Waals surface area contributed by atoms with Gasteiger partial charge in [0.15, 0.2) is 22.5 Å². The van der Waals surface area contributed by atoms with E-state index in [1.807, 2.05) is 54.0 Å². The van der Waals surface area contributed by atoms with Crippen LogP contribution in [0.3, 0.4) is 0 Å². The highest BCUT2D eigenvalue weighted by Crippen LogP contribution is 2.41. The maximum atomic E-state index is 9.42. The Morgan fingerprint density at radius 3 is 2.23 bits per heavy atom. The zero-order chi connectivity index (χ0) is 21.5. The van der Waals surface area contributed by atoms with E-state index < -0.39 is 0 Å². The first kappa shape index (κ1) is 21.5. The number of nitrogens with zero attached hydrogens (tertiary/aromatic N) is 4. The molecule has 0 unspecified atom stereocenters. The zero-order valence-corrected chi connectivity index (χ0v) is 18.1. The second-order valence-electron chi connectivity index (χ2n) is 6.17. The van der Waals surface area contributed by atoms with Crippen molar-refractivity contribution in [2.45, 2.75) is 18.6 Å². The maximum Gasteiger partial charge on any atom is 0.203 e. The number of hydrogen-bond acceptors (Lipinski definition) is 8. The summed E-state index contributed by atoms with van der Waals surface area (Å²) in [5.41, 5.74) is 2.23. The third-order valence-electron chi connectivity index (χ3n) is 4.52. The van der Waals surface area contributed by atoms with Crippen molar-refractivity contribution < 1.29 is 19.4 Å². The lowest BCUT2D eigenvalue weighted by atomic mass is 10.1. The highest BCUT2D eigenvalue weighted by Gasteiger charge is 2.19. The highest BCUT2D eigenvalue weighted by atomic mass is 32.2. The van der Waals surface area contributed by atoms with Crippen LogP contribution in [0.4, 0.5) is 0 Å². The summed E-state index contributed by atoms with van der Waals surface area (Å²) in [7, 11) is 4.72. The second-order valence-corrected chi connectivity index (χ2v) is 7.11. The van der Waals surface area contributed by atoms with E-state index in [0.29, 0.717) is 41.1 Å². The summed E-state index contributed by atoms with van der Waals surface area (Å²) in [6.45, 7) is 2.69. The summed E-state index contributed by atoms with van der Waals surface area (Å²) in [4.78, 5) is 0. The number of rotatable bonds is 9. The molecule has 8 nitrogen and oxygen atoms in total. The van der Waals surface area contributed by atoms with Crippen LogP contribution in [-0.4, -0.2) is 52.8 Å². The molecular formula is C21H24N4O4S. The van der Waals surface area contributed by atoms with Gasteiger partial charge in [-0.2, -0.15) is 0 Å². The van der Waals surface area contributed by atoms with Gasteiger partial charge in [0.05, 0.1) is 27.0 Å². The monoisotopic (exact) mass is 428 g/mol. The second kappa shape index (κ2) is 10.0. The van der Waals surface area contributed by atoms with Crippen molar-refractivity contribution in [1.29, 1.82) is 0 Å². The maximum absolute atomic E-state index is 9.42. The molecular weight excluding hydrogens is 404 g/mol. The largest absolute Gasteiger partial charge is 0.493 e. The molecule has 0 amide bonds. The summed E-state index contributed by atoms with van der Waals surface area (Å²) in [6.07, 6.45) is 0. The molecule has 0 aliphatic heterocycles. The first-order chi connectivity index (χ1) is 14.7. The van der Waals surface area contributed by atoms with Crippen molar-refractivity contribution in [3.8, 4) is 28.6 Å². The van der Waals surface area contributed by atoms with Gasteiger partial charge in [0.1, 0.15) is 0 Å². The molecule has 0 spiro atoms. The quantitative estimate of drug-likeness (QED) is 0.239. The lowest BCUT2D eigenvalue weighted by Gasteiger charge is -2.14. The van der Waals surface area contributed by atoms with Gasteiger partial charge < -0.3 is 24.0 Å². The number of oxime groups is 1. The smallest absolute Gasteiger partial charge is 0.203 e. The molecule has 2 aromatic carbocycles. The third-order valence-corrected chi connectivity index (χ3v) is 5.50. The molecule has 158 valence electrons. The fraction of sp³-hybridized carbons (Fsp3) is 0.286. The molecule has 30 heavy (non-hydrogen) atoms. The van der Waals surface area contributed by atoms with Crippen LogP contribution in [0.1, 0.15) is 12.5 Å². The van der Waals surface area contributed by atoms with E-state index in [0.717, 1.165) is 16.3 Å². The van der Waals surface area contributed by atoms with Gasteiger partial charge >= 0.3 is 0 Å². The minimum absolute atomic E-state index is 0.452. The van der Waals surface area contributed by atoms with Gasteiger partial charge in [0.25, 0.3) is 0 Å². The summed E-state index contributed by atoms with van der Waals surface area (Å²) < 4.78 is 18.3. The molecule has 1 N–H and O–H groups in total. The van der Waals surface area contributed by atoms with Gasteiger partial charge in [-0.1, -0.05) is 47.2 Å². The third kappa shape index (κ3) is 4.35. The molecule has 9 heteroatoms. The molecule has 0 bridgehead atoms. The normalized spacial score (nSPS) is 11.4. The van der Waals surface area contributed by atoms with Crippen molar-refractivity contribution in [1.82, 2.24) is 14.8 Å². The summed E-state index contributed by atoms with van der Waals surface area (Å²) in [6, 6.07) is 13.2. The molecule has 1 aromatic heterocycles. The van der Waals surface area contributed by atoms with Crippen LogP contribution in [0.15, 0.2) is 52.8 Å². The van der Waals surface area contributed by atoms with Gasteiger partial charge in [-0.25, -0.2) is 0 Å². The van der Waals surface area contributed by atoms with Gasteiger partial charge in [-0.15, -0.1) is 10.2 Å². The Balaban J connectivity index is 1.91. The number of benzene rings is 2. The SMILES string of the molecule is CCn1c(SC/C(=N\O)c2ccccc2)nnc1-c1cc(OC)c(OC)c(OC)c1. The van der Waals surface area contributed by atoms with Crippen molar-refractivity contribution in [2.75, 3.05) is 27.1 Å². The molecule has 0 fully saturated rings. The standard InChI is InChI=1S/C21H24N4O4S/c1-5-25-20(15-11-17(27-2)19(29-4)18(12-15)28-3)22-23-21(25)30-13-16(24-26)14-9-7-6-8-10-14/h6-12,26H,5,13H2,1-4H3/b24-16+. The van der Waals surface area contributed by atoms with Crippen molar-refractivity contribution in [2.24, 2.45) is 5.16 Å². The van der Waals surface area contributed by atoms with Crippen LogP contribution >= 0.6 is 11.8 Å². The molecule has 0 radical (unpaired) electrons. The van der Waals surface area contributed by atoms with Crippen molar-refractivity contribution in [3.05, 3.63) is 48.0 Å². The number of methoxy groups -OCH3 is 3. The van der Waals surface area contributed by atoms with Crippen LogP contribution in [0.5, 0.6) is 17.2 Å². The molecule has 1 heterocycles. The number of aromatic nitrogens is 3. The topological polar surface area (TPSA) is 91.0 Å². The fourth-order valence-electron chi connectivity index (χ4n) is 3.04. The molecule has 0 aliphatic carbocycles. The number of hydrogen-bond donors (Lipinski definition) is 1. The Labute approximate surface area is 179 Å². The summed E-state index contributed by atoms with van der Waals surface area (Å²) >= 11 is 1.45. The van der Waals surface area contributed by atoms with E-state index in [1.165, 1.54) is 11.8 Å². The lowest BCUT2D eigenvalue weighted by Crippen LogP contribution is -2.06. The average molecular weight is 429 g/mol. The number of thioether (sulfide) groups is 1. The lowest BCUT2D eigenvalue weighted by molar-refractivity contribution is 0.319. The first-order valence-corrected chi connectivity index (χ1v) is 10.3. The Morgan fingerprint density at radius 2 is 1.70 bits per heavy atom. The minimum atomic E-state index is 0.452. The zero-order valence-electron chi connectivity index (χ0n) is 17.3. The Bertz CT molecular complexity index is 996. The predicted octanol–water partition coefficient (Wildman–Crippen LogP) is 3.96. The summed E-state index contributed by atoms with van der Waals surface area (Å²) in [5, 5.41) is 22.3. The van der Waals surface area contributed by atoms with E-state index in [-0.39, 0.29) is 0 Å². The minimum Gasteiger partial charge on any atom is -0.493 e. The Hall–Kier alpha value is -3.20. The highest BCUT2D eigenvalue weighted by molar-refractivity contribution is 7.99. The predicted molar refractivity (Wildman–Crippen MR) is 116 cm³/mol. The fourth-order valence-corrected chi connectivity index (χ4v) is 4.00. The van der Waals surface area contributed by atoms with Gasteiger partial charge in [-0.3, -0.25) is 0 Å². The molecule has 0 saturated heterocycles. The summed E-state index contributed by atoms with van der Waals surface area (Å²) in [5.74, 6) is 2.75. The van der Waals surface area contributed by atoms with Gasteiger partial charge in [-0.05, 0) is 19.1 Å². The van der Waals surface area contributed by atoms with Crippen LogP contribution < -0.4 is 14.2 Å². The van der Waals surface area contributed by atoms with Crippen LogP contribution in [0.2, 0.25) is 0 Å². The van der Waals surface area contributed by atoms with E-state index in [1.54, 1.807) is 21.3 Å².